The largest absolute Gasteiger partial charge is 0.351 e. The molecule has 6 rings (SSSR count). The number of unbranched alkanes of at least 4 members (excludes halogenated alkanes) is 6. The maximum Gasteiger partial charge on any atom is 0.232 e. The molecular weight excluding hydrogens is 1060 g/mol. The summed E-state index contributed by atoms with van der Waals surface area (Å²) in [5.41, 5.74) is 0.267. The van der Waals surface area contributed by atoms with Crippen molar-refractivity contribution < 1.29 is 0 Å². The van der Waals surface area contributed by atoms with Gasteiger partial charge in [-0.15, -0.1) is 0 Å². The minimum atomic E-state index is -0.169. The monoisotopic (exact) mass is 1200 g/mol. The molecule has 2 aromatic rings. The zero-order chi connectivity index (χ0) is 65.0. The van der Waals surface area contributed by atoms with Crippen LogP contribution < -0.4 is 52.3 Å². The number of nitrogens with one attached hydrogen (secondary N) is 8. The molecule has 0 aromatic carbocycles. The van der Waals surface area contributed by atoms with E-state index in [4.69, 9.17) is 29.9 Å². The number of hydrogen-bond acceptors (Lipinski definition) is 16. The standard InChI is InChI=1S/2C35H68N8/c2*1-15-16-17-18-19-43(26-22-33(9,10)42-34(11,12)23-26)29-38-27(36-25-20-31(5,6)41-32(7,8)21-25)37-28(39-29)40-35(13,14)24-30(2,3)4/h2*25-26,41-42H,15-24H2,1-14H3,(H2,36,37,38,39,40). The molecular formula is C70H136N16. The molecule has 496 valence electrons. The Morgan fingerprint density at radius 2 is 0.616 bits per heavy atom. The van der Waals surface area contributed by atoms with E-state index >= 15 is 0 Å². The Bertz CT molecular complexity index is 2210. The van der Waals surface area contributed by atoms with Gasteiger partial charge in [0.2, 0.25) is 35.7 Å². The van der Waals surface area contributed by atoms with Gasteiger partial charge in [0.1, 0.15) is 0 Å². The zero-order valence-electron chi connectivity index (χ0n) is 61.0. The van der Waals surface area contributed by atoms with Gasteiger partial charge in [-0.1, -0.05) is 93.9 Å². The van der Waals surface area contributed by atoms with Crippen LogP contribution in [0.5, 0.6) is 0 Å². The molecule has 0 bridgehead atoms. The molecule has 86 heavy (non-hydrogen) atoms. The predicted octanol–water partition coefficient (Wildman–Crippen LogP) is 15.8. The number of nitrogens with zero attached hydrogens (tertiary/aromatic N) is 8. The molecule has 6 heterocycles. The summed E-state index contributed by atoms with van der Waals surface area (Å²) < 4.78 is 0. The summed E-state index contributed by atoms with van der Waals surface area (Å²) in [6.45, 7) is 66.3. The van der Waals surface area contributed by atoms with Gasteiger partial charge in [-0.25, -0.2) is 0 Å². The highest BCUT2D eigenvalue weighted by Crippen LogP contribution is 2.39. The highest BCUT2D eigenvalue weighted by Gasteiger charge is 2.44. The molecule has 4 fully saturated rings. The lowest BCUT2D eigenvalue weighted by atomic mass is 9.79. The first-order valence-corrected chi connectivity index (χ1v) is 34.3. The third-order valence-electron chi connectivity index (χ3n) is 17.4. The van der Waals surface area contributed by atoms with Crippen molar-refractivity contribution in [3.8, 4) is 0 Å². The maximum atomic E-state index is 5.21. The second-order valence-corrected chi connectivity index (χ2v) is 36.8. The van der Waals surface area contributed by atoms with Crippen LogP contribution in [-0.4, -0.2) is 123 Å². The van der Waals surface area contributed by atoms with Gasteiger partial charge in [0.25, 0.3) is 0 Å². The summed E-state index contributed by atoms with van der Waals surface area (Å²) in [6.07, 6.45) is 19.9. The minimum Gasteiger partial charge on any atom is -0.351 e. The summed E-state index contributed by atoms with van der Waals surface area (Å²) >= 11 is 0. The molecule has 8 N–H and O–H groups in total. The van der Waals surface area contributed by atoms with Gasteiger partial charge in [-0.05, 0) is 226 Å². The normalized spacial score (nSPS) is 22.3. The van der Waals surface area contributed by atoms with Gasteiger partial charge in [-0.2, -0.15) is 29.9 Å². The lowest BCUT2D eigenvalue weighted by Crippen LogP contribution is -2.62. The molecule has 0 unspecified atom stereocenters. The summed E-state index contributed by atoms with van der Waals surface area (Å²) in [5, 5.41) is 30.4. The number of piperidine rings is 4. The van der Waals surface area contributed by atoms with Crippen LogP contribution in [0.3, 0.4) is 0 Å². The van der Waals surface area contributed by atoms with Crippen molar-refractivity contribution in [1.29, 1.82) is 0 Å². The van der Waals surface area contributed by atoms with Crippen molar-refractivity contribution in [3.05, 3.63) is 0 Å². The van der Waals surface area contributed by atoms with Gasteiger partial charge >= 0.3 is 0 Å². The molecule has 0 atom stereocenters. The smallest absolute Gasteiger partial charge is 0.232 e. The fourth-order valence-corrected chi connectivity index (χ4v) is 17.1. The Hall–Kier alpha value is -3.34. The van der Waals surface area contributed by atoms with Crippen molar-refractivity contribution in [2.45, 2.75) is 389 Å². The summed E-state index contributed by atoms with van der Waals surface area (Å²) in [7, 11) is 0. The summed E-state index contributed by atoms with van der Waals surface area (Å²) in [4.78, 5) is 35.9. The van der Waals surface area contributed by atoms with Crippen LogP contribution >= 0.6 is 0 Å². The van der Waals surface area contributed by atoms with Crippen molar-refractivity contribution in [3.63, 3.8) is 0 Å². The second-order valence-electron chi connectivity index (χ2n) is 36.8. The van der Waals surface area contributed by atoms with E-state index in [9.17, 15) is 0 Å². The maximum absolute atomic E-state index is 5.21. The second kappa shape index (κ2) is 27.6. The highest BCUT2D eigenvalue weighted by atomic mass is 15.4. The minimum absolute atomic E-state index is 0.0304. The van der Waals surface area contributed by atoms with E-state index in [1.54, 1.807) is 0 Å². The van der Waals surface area contributed by atoms with Crippen LogP contribution in [0.4, 0.5) is 35.7 Å². The van der Waals surface area contributed by atoms with Gasteiger partial charge in [0.15, 0.2) is 0 Å². The Morgan fingerprint density at radius 3 is 0.872 bits per heavy atom. The van der Waals surface area contributed by atoms with Crippen LogP contribution in [0, 0.1) is 10.8 Å². The van der Waals surface area contributed by atoms with E-state index in [1.165, 1.54) is 38.5 Å². The Balaban J connectivity index is 0.000000314. The average molecular weight is 1200 g/mol. The molecule has 0 amide bonds. The van der Waals surface area contributed by atoms with Gasteiger partial charge in [0, 0.05) is 92.6 Å². The Morgan fingerprint density at radius 1 is 0.360 bits per heavy atom. The van der Waals surface area contributed by atoms with E-state index in [0.717, 1.165) is 102 Å². The molecule has 2 aromatic heterocycles. The lowest BCUT2D eigenvalue weighted by Gasteiger charge is -2.49. The topological polar surface area (TPSA) is 180 Å². The quantitative estimate of drug-likeness (QED) is 0.0465. The van der Waals surface area contributed by atoms with Gasteiger partial charge in [0.05, 0.1) is 0 Å². The van der Waals surface area contributed by atoms with E-state index in [0.29, 0.717) is 35.9 Å². The fourth-order valence-electron chi connectivity index (χ4n) is 17.1. The summed E-state index contributed by atoms with van der Waals surface area (Å²) in [5.74, 6) is 4.30. The molecule has 0 saturated carbocycles. The number of hydrogen-bond donors (Lipinski definition) is 8. The van der Waals surface area contributed by atoms with E-state index in [1.807, 2.05) is 0 Å². The highest BCUT2D eigenvalue weighted by molar-refractivity contribution is 5.48. The van der Waals surface area contributed by atoms with E-state index < -0.39 is 0 Å². The molecule has 16 nitrogen and oxygen atoms in total. The number of anilines is 6. The van der Waals surface area contributed by atoms with Crippen molar-refractivity contribution in [1.82, 2.24) is 51.2 Å². The molecule has 0 aliphatic carbocycles. The van der Waals surface area contributed by atoms with Crippen LogP contribution in [0.2, 0.25) is 0 Å². The third-order valence-corrected chi connectivity index (χ3v) is 17.4. The fraction of sp³-hybridized carbons (Fsp3) is 0.914. The Kier molecular flexibility index (Phi) is 23.6. The SMILES string of the molecule is CCCCCCN(c1nc(NC2CC(C)(C)NC(C)(C)C2)nc(NC(C)(C)CC(C)(C)C)n1)C1CC(C)(C)NC(C)(C)C1.CCCCCCN(c1nc(NC2CC(C)(C)NC(C)(C)C2)nc(NC(C)(C)CC(C)(C)C)n1)C1CC(C)(C)NC(C)(C)C1. The molecule has 4 aliphatic heterocycles. The summed E-state index contributed by atoms with van der Waals surface area (Å²) in [6, 6.07) is 1.23. The molecule has 0 spiro atoms. The first-order valence-electron chi connectivity index (χ1n) is 34.3. The number of rotatable bonds is 24. The first kappa shape index (κ1) is 73.4. The molecule has 16 heteroatoms. The first-order chi connectivity index (χ1) is 39.0. The number of aromatic nitrogens is 6. The third kappa shape index (κ3) is 25.1. The van der Waals surface area contributed by atoms with Crippen LogP contribution in [0.15, 0.2) is 0 Å². The van der Waals surface area contributed by atoms with Gasteiger partial charge in [-0.3, -0.25) is 0 Å². The van der Waals surface area contributed by atoms with Gasteiger partial charge < -0.3 is 52.3 Å². The lowest BCUT2D eigenvalue weighted by molar-refractivity contribution is 0.157. The molecule has 4 aliphatic rings. The zero-order valence-corrected chi connectivity index (χ0v) is 61.0. The van der Waals surface area contributed by atoms with E-state index in [-0.39, 0.29) is 78.3 Å². The molecule has 4 saturated heterocycles. The van der Waals surface area contributed by atoms with Crippen molar-refractivity contribution >= 4 is 35.7 Å². The van der Waals surface area contributed by atoms with Crippen LogP contribution in [0.1, 0.15) is 309 Å². The van der Waals surface area contributed by atoms with Crippen molar-refractivity contribution in [2.24, 2.45) is 10.8 Å². The molecule has 0 radical (unpaired) electrons. The van der Waals surface area contributed by atoms with Crippen LogP contribution in [-0.2, 0) is 0 Å². The van der Waals surface area contributed by atoms with Crippen LogP contribution in [0.25, 0.3) is 0 Å². The van der Waals surface area contributed by atoms with E-state index in [2.05, 4.69) is 246 Å². The predicted molar refractivity (Wildman–Crippen MR) is 371 cm³/mol. The average Bonchev–Trinajstić information content (AvgIpc) is 1.22. The van der Waals surface area contributed by atoms with Crippen molar-refractivity contribution in [2.75, 3.05) is 44.2 Å². The Labute approximate surface area is 528 Å².